The Morgan fingerprint density at radius 3 is 2.35 bits per heavy atom. The van der Waals surface area contributed by atoms with Gasteiger partial charge in [-0.15, -0.1) is 0 Å². The van der Waals surface area contributed by atoms with Crippen LogP contribution in [-0.4, -0.2) is 11.9 Å². The van der Waals surface area contributed by atoms with Crippen LogP contribution in [0.25, 0.3) is 0 Å². The molecule has 1 unspecified atom stereocenters. The molecule has 3 N–H and O–H groups in total. The number of rotatable bonds is 6. The maximum Gasteiger partial charge on any atom is 0.225 e. The number of hydrogen-bond donors (Lipinski definition) is 2. The highest BCUT2D eigenvalue weighted by atomic mass is 16.1. The first-order chi connectivity index (χ1) is 9.32. The molecule has 20 heavy (non-hydrogen) atoms. The third-order valence-electron chi connectivity index (χ3n) is 3.57. The molecule has 0 aliphatic rings. The van der Waals surface area contributed by atoms with Gasteiger partial charge in [-0.1, -0.05) is 46.2 Å². The summed E-state index contributed by atoms with van der Waals surface area (Å²) in [7, 11) is 0. The van der Waals surface area contributed by atoms with Crippen molar-refractivity contribution in [2.75, 3.05) is 5.32 Å². The molecular weight excluding hydrogens is 248 g/mol. The van der Waals surface area contributed by atoms with Crippen molar-refractivity contribution in [3.05, 3.63) is 29.8 Å². The average molecular weight is 276 g/mol. The van der Waals surface area contributed by atoms with Crippen molar-refractivity contribution in [2.45, 2.75) is 59.4 Å². The Kier molecular flexibility index (Phi) is 6.21. The van der Waals surface area contributed by atoms with Gasteiger partial charge in [-0.05, 0) is 36.0 Å². The fourth-order valence-corrected chi connectivity index (χ4v) is 1.85. The Balaban J connectivity index is 2.50. The van der Waals surface area contributed by atoms with E-state index in [1.54, 1.807) is 0 Å². The van der Waals surface area contributed by atoms with E-state index < -0.39 is 0 Å². The van der Waals surface area contributed by atoms with Gasteiger partial charge in [0.15, 0.2) is 0 Å². The molecule has 112 valence electrons. The molecule has 1 amide bonds. The van der Waals surface area contributed by atoms with Gasteiger partial charge in [0.05, 0.1) is 0 Å². The molecule has 0 fully saturated rings. The van der Waals surface area contributed by atoms with Crippen LogP contribution in [0, 0.1) is 5.41 Å². The molecule has 1 rings (SSSR count). The first-order valence-corrected chi connectivity index (χ1v) is 7.47. The van der Waals surface area contributed by atoms with Gasteiger partial charge in [0.2, 0.25) is 5.91 Å². The Bertz CT molecular complexity index is 418. The fraction of sp³-hybridized carbons (Fsp3) is 0.588. The lowest BCUT2D eigenvalue weighted by atomic mass is 9.85. The van der Waals surface area contributed by atoms with E-state index in [9.17, 15) is 4.79 Å². The predicted molar refractivity (Wildman–Crippen MR) is 85.7 cm³/mol. The van der Waals surface area contributed by atoms with E-state index in [1.165, 1.54) is 18.4 Å². The number of amides is 1. The summed E-state index contributed by atoms with van der Waals surface area (Å²) in [4.78, 5) is 11.9. The molecule has 3 heteroatoms. The third-order valence-corrected chi connectivity index (χ3v) is 3.57. The molecule has 0 saturated carbocycles. The van der Waals surface area contributed by atoms with Gasteiger partial charge in [-0.3, -0.25) is 4.79 Å². The standard InChI is InChI=1S/C17H28N2O/c1-5-6-7-13-8-10-14(11-9-13)19-16(20)12-15(18)17(2,3)4/h8-11,15H,5-7,12,18H2,1-4H3,(H,19,20). The molecule has 0 aromatic heterocycles. The number of benzene rings is 1. The van der Waals surface area contributed by atoms with Crippen LogP contribution in [0.3, 0.4) is 0 Å². The van der Waals surface area contributed by atoms with E-state index in [0.717, 1.165) is 12.1 Å². The topological polar surface area (TPSA) is 55.1 Å². The monoisotopic (exact) mass is 276 g/mol. The first-order valence-electron chi connectivity index (χ1n) is 7.47. The number of hydrogen-bond acceptors (Lipinski definition) is 2. The van der Waals surface area contributed by atoms with Crippen LogP contribution in [0.1, 0.15) is 52.5 Å². The van der Waals surface area contributed by atoms with Crippen molar-refractivity contribution >= 4 is 11.6 Å². The minimum atomic E-state index is -0.133. The normalized spacial score (nSPS) is 13.1. The summed E-state index contributed by atoms with van der Waals surface area (Å²) in [6.45, 7) is 8.33. The van der Waals surface area contributed by atoms with Crippen molar-refractivity contribution in [1.29, 1.82) is 0 Å². The SMILES string of the molecule is CCCCc1ccc(NC(=O)CC(N)C(C)(C)C)cc1. The van der Waals surface area contributed by atoms with Crippen molar-refractivity contribution < 1.29 is 4.79 Å². The summed E-state index contributed by atoms with van der Waals surface area (Å²) in [6, 6.07) is 7.95. The number of carbonyl (C=O) groups is 1. The van der Waals surface area contributed by atoms with Crippen molar-refractivity contribution in [1.82, 2.24) is 0 Å². The maximum absolute atomic E-state index is 11.9. The zero-order chi connectivity index (χ0) is 15.2. The second kappa shape index (κ2) is 7.44. The van der Waals surface area contributed by atoms with Crippen LogP contribution in [0.5, 0.6) is 0 Å². The number of aryl methyl sites for hydroxylation is 1. The Morgan fingerprint density at radius 2 is 1.85 bits per heavy atom. The van der Waals surface area contributed by atoms with E-state index in [-0.39, 0.29) is 17.4 Å². The third kappa shape index (κ3) is 5.74. The lowest BCUT2D eigenvalue weighted by molar-refractivity contribution is -0.117. The van der Waals surface area contributed by atoms with Gasteiger partial charge in [0.25, 0.3) is 0 Å². The summed E-state index contributed by atoms with van der Waals surface area (Å²) in [5.74, 6) is -0.0197. The molecule has 0 heterocycles. The van der Waals surface area contributed by atoms with E-state index in [2.05, 4.69) is 24.4 Å². The van der Waals surface area contributed by atoms with Crippen LogP contribution in [-0.2, 0) is 11.2 Å². The summed E-state index contributed by atoms with van der Waals surface area (Å²) in [5, 5.41) is 2.91. The average Bonchev–Trinajstić information content (AvgIpc) is 2.36. The fourth-order valence-electron chi connectivity index (χ4n) is 1.85. The van der Waals surface area contributed by atoms with Crippen LogP contribution in [0.2, 0.25) is 0 Å². The van der Waals surface area contributed by atoms with Gasteiger partial charge < -0.3 is 11.1 Å². The summed E-state index contributed by atoms with van der Waals surface area (Å²) in [6.07, 6.45) is 3.84. The van der Waals surface area contributed by atoms with E-state index in [4.69, 9.17) is 5.73 Å². The molecular formula is C17H28N2O. The Labute approximate surface area is 122 Å². The van der Waals surface area contributed by atoms with Crippen LogP contribution in [0.4, 0.5) is 5.69 Å². The zero-order valence-corrected chi connectivity index (χ0v) is 13.2. The quantitative estimate of drug-likeness (QED) is 0.831. The molecule has 1 aromatic carbocycles. The molecule has 0 saturated heterocycles. The number of carbonyl (C=O) groups excluding carboxylic acids is 1. The summed E-state index contributed by atoms with van der Waals surface area (Å²) < 4.78 is 0. The Hall–Kier alpha value is -1.35. The molecule has 1 atom stereocenters. The van der Waals surface area contributed by atoms with Gasteiger partial charge in [-0.2, -0.15) is 0 Å². The largest absolute Gasteiger partial charge is 0.327 e. The Morgan fingerprint density at radius 1 is 1.25 bits per heavy atom. The molecule has 0 bridgehead atoms. The summed E-state index contributed by atoms with van der Waals surface area (Å²) >= 11 is 0. The first kappa shape index (κ1) is 16.7. The van der Waals surface area contributed by atoms with Crippen LogP contribution >= 0.6 is 0 Å². The van der Waals surface area contributed by atoms with E-state index >= 15 is 0 Å². The highest BCUT2D eigenvalue weighted by molar-refractivity contribution is 5.91. The molecule has 0 radical (unpaired) electrons. The van der Waals surface area contributed by atoms with Gasteiger partial charge in [0.1, 0.15) is 0 Å². The van der Waals surface area contributed by atoms with E-state index in [1.807, 2.05) is 32.9 Å². The van der Waals surface area contributed by atoms with Gasteiger partial charge >= 0.3 is 0 Å². The number of nitrogens with one attached hydrogen (secondary N) is 1. The van der Waals surface area contributed by atoms with Crippen molar-refractivity contribution in [2.24, 2.45) is 11.1 Å². The lowest BCUT2D eigenvalue weighted by Crippen LogP contribution is -2.38. The highest BCUT2D eigenvalue weighted by Crippen LogP contribution is 2.20. The molecule has 0 aliphatic heterocycles. The lowest BCUT2D eigenvalue weighted by Gasteiger charge is -2.26. The summed E-state index contributed by atoms with van der Waals surface area (Å²) in [5.41, 5.74) is 8.13. The predicted octanol–water partition coefficient (Wildman–Crippen LogP) is 3.73. The zero-order valence-electron chi connectivity index (χ0n) is 13.2. The second-order valence-electron chi connectivity index (χ2n) is 6.53. The van der Waals surface area contributed by atoms with Gasteiger partial charge in [0, 0.05) is 18.2 Å². The number of nitrogens with two attached hydrogens (primary N) is 1. The number of unbranched alkanes of at least 4 members (excludes halogenated alkanes) is 1. The molecule has 3 nitrogen and oxygen atoms in total. The molecule has 0 spiro atoms. The smallest absolute Gasteiger partial charge is 0.225 e. The minimum Gasteiger partial charge on any atom is -0.327 e. The number of anilines is 1. The van der Waals surface area contributed by atoms with Crippen LogP contribution < -0.4 is 11.1 Å². The molecule has 1 aromatic rings. The van der Waals surface area contributed by atoms with Gasteiger partial charge in [-0.25, -0.2) is 0 Å². The second-order valence-corrected chi connectivity index (χ2v) is 6.53. The highest BCUT2D eigenvalue weighted by Gasteiger charge is 2.23. The van der Waals surface area contributed by atoms with Crippen molar-refractivity contribution in [3.8, 4) is 0 Å². The molecule has 0 aliphatic carbocycles. The minimum absolute atomic E-state index is 0.0197. The van der Waals surface area contributed by atoms with Crippen LogP contribution in [0.15, 0.2) is 24.3 Å². The van der Waals surface area contributed by atoms with E-state index in [0.29, 0.717) is 6.42 Å². The maximum atomic E-state index is 11.9. The van der Waals surface area contributed by atoms with Crippen molar-refractivity contribution in [3.63, 3.8) is 0 Å².